The van der Waals surface area contributed by atoms with E-state index >= 15 is 0 Å². The Bertz CT molecular complexity index is 400. The van der Waals surface area contributed by atoms with E-state index in [0.29, 0.717) is 0 Å². The van der Waals surface area contributed by atoms with Crippen molar-refractivity contribution in [3.8, 4) is 11.5 Å². The molecule has 0 fully saturated rings. The van der Waals surface area contributed by atoms with Crippen LogP contribution in [0, 0.1) is 0 Å². The number of rotatable bonds is 0. The molecule has 14 heavy (non-hydrogen) atoms. The fourth-order valence-electron chi connectivity index (χ4n) is 1.27. The normalized spacial score (nSPS) is 12.6. The molecular weight excluding hydrogens is 196 g/mol. The minimum Gasteiger partial charge on any atom is -0.452 e. The summed E-state index contributed by atoms with van der Waals surface area (Å²) in [5.74, 6) is 1.61. The molecule has 2 aromatic rings. The molecule has 0 N–H and O–H groups in total. The molecule has 0 saturated heterocycles. The zero-order valence-electron chi connectivity index (χ0n) is 7.18. The Morgan fingerprint density at radius 2 is 1.50 bits per heavy atom. The molecule has 0 atom stereocenters. The van der Waals surface area contributed by atoms with E-state index in [-0.39, 0.29) is 0 Å². The van der Waals surface area contributed by atoms with E-state index < -0.39 is 0 Å². The number of aromatic nitrogens is 2. The molecule has 68 valence electrons. The van der Waals surface area contributed by atoms with Crippen LogP contribution < -0.4 is 4.74 Å². The summed E-state index contributed by atoms with van der Waals surface area (Å²) in [6.45, 7) is 0. The molecule has 0 spiro atoms. The van der Waals surface area contributed by atoms with Crippen LogP contribution in [0.2, 0.25) is 0 Å². The van der Waals surface area contributed by atoms with Gasteiger partial charge in [0.15, 0.2) is 11.5 Å². The van der Waals surface area contributed by atoms with Crippen LogP contribution in [-0.2, 0) is 0 Å². The standard InChI is InChI=1S/C10H6N2OS/c1-3-7-9(11-5-1)14-10-8(13-7)4-2-6-12-10/h1-6H. The van der Waals surface area contributed by atoms with Crippen LogP contribution in [0.3, 0.4) is 0 Å². The van der Waals surface area contributed by atoms with Gasteiger partial charge in [-0.05, 0) is 36.0 Å². The maximum absolute atomic E-state index is 5.63. The van der Waals surface area contributed by atoms with Gasteiger partial charge in [-0.3, -0.25) is 0 Å². The second kappa shape index (κ2) is 2.99. The second-order valence-corrected chi connectivity index (χ2v) is 3.80. The third kappa shape index (κ3) is 1.15. The van der Waals surface area contributed by atoms with Gasteiger partial charge in [0, 0.05) is 12.4 Å². The van der Waals surface area contributed by atoms with Crippen LogP contribution in [0.4, 0.5) is 0 Å². The maximum Gasteiger partial charge on any atom is 0.160 e. The highest BCUT2D eigenvalue weighted by Crippen LogP contribution is 2.43. The fraction of sp³-hybridized carbons (Fsp3) is 0. The topological polar surface area (TPSA) is 35.0 Å². The number of pyridine rings is 2. The molecule has 3 rings (SSSR count). The first-order chi connectivity index (χ1) is 6.93. The number of hydrogen-bond acceptors (Lipinski definition) is 4. The number of nitrogens with zero attached hydrogens (tertiary/aromatic N) is 2. The molecule has 0 saturated carbocycles. The molecule has 0 aromatic carbocycles. The zero-order valence-corrected chi connectivity index (χ0v) is 7.99. The van der Waals surface area contributed by atoms with Gasteiger partial charge in [0.05, 0.1) is 0 Å². The first-order valence-corrected chi connectivity index (χ1v) is 5.01. The zero-order chi connectivity index (χ0) is 9.38. The Balaban J connectivity index is 2.12. The van der Waals surface area contributed by atoms with Crippen LogP contribution in [0.1, 0.15) is 0 Å². The van der Waals surface area contributed by atoms with Gasteiger partial charge in [0.1, 0.15) is 10.1 Å². The SMILES string of the molecule is c1cnc2c(c1)Oc1cccnc1S2. The van der Waals surface area contributed by atoms with Crippen molar-refractivity contribution in [3.63, 3.8) is 0 Å². The van der Waals surface area contributed by atoms with E-state index in [4.69, 9.17) is 4.74 Å². The summed E-state index contributed by atoms with van der Waals surface area (Å²) in [7, 11) is 0. The van der Waals surface area contributed by atoms with Gasteiger partial charge < -0.3 is 4.74 Å². The summed E-state index contributed by atoms with van der Waals surface area (Å²) in [5.41, 5.74) is 0. The van der Waals surface area contributed by atoms with Crippen LogP contribution in [0.15, 0.2) is 46.7 Å². The van der Waals surface area contributed by atoms with Crippen molar-refractivity contribution in [3.05, 3.63) is 36.7 Å². The molecule has 1 aliphatic rings. The van der Waals surface area contributed by atoms with Crippen LogP contribution in [0.5, 0.6) is 11.5 Å². The van der Waals surface area contributed by atoms with Gasteiger partial charge in [-0.2, -0.15) is 0 Å². The first-order valence-electron chi connectivity index (χ1n) is 4.19. The summed E-state index contributed by atoms with van der Waals surface area (Å²) < 4.78 is 5.63. The highest BCUT2D eigenvalue weighted by molar-refractivity contribution is 7.99. The number of hydrogen-bond donors (Lipinski definition) is 0. The lowest BCUT2D eigenvalue weighted by Crippen LogP contribution is -1.97. The molecule has 0 bridgehead atoms. The van der Waals surface area contributed by atoms with Crippen molar-refractivity contribution >= 4 is 11.8 Å². The Morgan fingerprint density at radius 3 is 2.07 bits per heavy atom. The van der Waals surface area contributed by atoms with Gasteiger partial charge >= 0.3 is 0 Å². The maximum atomic E-state index is 5.63. The highest BCUT2D eigenvalue weighted by atomic mass is 32.2. The quantitative estimate of drug-likeness (QED) is 0.561. The molecule has 0 aliphatic carbocycles. The Labute approximate surface area is 85.2 Å². The fourth-order valence-corrected chi connectivity index (χ4v) is 2.10. The Kier molecular flexibility index (Phi) is 1.67. The van der Waals surface area contributed by atoms with E-state index in [2.05, 4.69) is 9.97 Å². The number of ether oxygens (including phenoxy) is 1. The molecule has 4 heteroatoms. The average Bonchev–Trinajstić information content (AvgIpc) is 2.26. The van der Waals surface area contributed by atoms with Crippen molar-refractivity contribution in [2.45, 2.75) is 10.1 Å². The van der Waals surface area contributed by atoms with Gasteiger partial charge in [0.2, 0.25) is 0 Å². The summed E-state index contributed by atoms with van der Waals surface area (Å²) in [4.78, 5) is 8.43. The van der Waals surface area contributed by atoms with Crippen molar-refractivity contribution in [2.75, 3.05) is 0 Å². The molecule has 0 amide bonds. The highest BCUT2D eigenvalue weighted by Gasteiger charge is 2.18. The van der Waals surface area contributed by atoms with Crippen molar-refractivity contribution in [2.24, 2.45) is 0 Å². The predicted octanol–water partition coefficient (Wildman–Crippen LogP) is 2.73. The molecule has 0 unspecified atom stereocenters. The minimum absolute atomic E-state index is 0.804. The van der Waals surface area contributed by atoms with Crippen molar-refractivity contribution in [1.29, 1.82) is 0 Å². The lowest BCUT2D eigenvalue weighted by molar-refractivity contribution is 0.443. The summed E-state index contributed by atoms with van der Waals surface area (Å²) in [5, 5.41) is 1.75. The van der Waals surface area contributed by atoms with Crippen LogP contribution in [0.25, 0.3) is 0 Å². The third-order valence-corrected chi connectivity index (χ3v) is 2.89. The molecule has 1 aliphatic heterocycles. The summed E-state index contributed by atoms with van der Waals surface area (Å²) in [6, 6.07) is 7.54. The van der Waals surface area contributed by atoms with Gasteiger partial charge in [-0.15, -0.1) is 0 Å². The predicted molar refractivity (Wildman–Crippen MR) is 52.7 cm³/mol. The van der Waals surface area contributed by atoms with Crippen molar-refractivity contribution < 1.29 is 4.74 Å². The second-order valence-electron chi connectivity index (χ2n) is 2.82. The Hall–Kier alpha value is -1.55. The monoisotopic (exact) mass is 202 g/mol. The summed E-state index contributed by atoms with van der Waals surface area (Å²) >= 11 is 1.54. The molecule has 0 radical (unpaired) electrons. The van der Waals surface area contributed by atoms with E-state index in [1.165, 1.54) is 11.8 Å². The lowest BCUT2D eigenvalue weighted by Gasteiger charge is -2.16. The molecular formula is C10H6N2OS. The van der Waals surface area contributed by atoms with Crippen molar-refractivity contribution in [1.82, 2.24) is 9.97 Å². The van der Waals surface area contributed by atoms with Crippen LogP contribution in [-0.4, -0.2) is 9.97 Å². The van der Waals surface area contributed by atoms with E-state index in [1.807, 2.05) is 24.3 Å². The minimum atomic E-state index is 0.804. The number of fused-ring (bicyclic) bond motifs is 2. The van der Waals surface area contributed by atoms with E-state index in [1.54, 1.807) is 12.4 Å². The van der Waals surface area contributed by atoms with E-state index in [0.717, 1.165) is 21.6 Å². The Morgan fingerprint density at radius 1 is 0.929 bits per heavy atom. The lowest BCUT2D eigenvalue weighted by atomic mass is 10.4. The van der Waals surface area contributed by atoms with Gasteiger partial charge in [-0.1, -0.05) is 0 Å². The van der Waals surface area contributed by atoms with Crippen LogP contribution >= 0.6 is 11.8 Å². The van der Waals surface area contributed by atoms with Gasteiger partial charge in [-0.25, -0.2) is 9.97 Å². The summed E-state index contributed by atoms with van der Waals surface area (Å²) in [6.07, 6.45) is 3.51. The molecule has 3 nitrogen and oxygen atoms in total. The largest absolute Gasteiger partial charge is 0.452 e. The van der Waals surface area contributed by atoms with Gasteiger partial charge in [0.25, 0.3) is 0 Å². The van der Waals surface area contributed by atoms with E-state index in [9.17, 15) is 0 Å². The smallest absolute Gasteiger partial charge is 0.160 e. The molecule has 3 heterocycles. The average molecular weight is 202 g/mol. The first kappa shape index (κ1) is 7.82. The molecule has 2 aromatic heterocycles. The third-order valence-electron chi connectivity index (χ3n) is 1.89.